The molecular weight excluding hydrogens is 427 g/mol. The molecule has 1 aliphatic heterocycles. The van der Waals surface area contributed by atoms with E-state index in [1.165, 1.54) is 38.9 Å². The van der Waals surface area contributed by atoms with E-state index in [9.17, 15) is 0 Å². The third kappa shape index (κ3) is 10.6. The van der Waals surface area contributed by atoms with E-state index in [1.54, 1.807) is 0 Å². The Bertz CT molecular complexity index is 344. The van der Waals surface area contributed by atoms with Crippen LogP contribution in [0, 0.1) is 5.92 Å². The number of halogens is 1. The fraction of sp³-hybridized carbons (Fsp3) is 0.947. The van der Waals surface area contributed by atoms with Crippen LogP contribution in [0.4, 0.5) is 0 Å². The largest absolute Gasteiger partial charge is 0.378 e. The molecule has 5 nitrogen and oxygen atoms in total. The Hall–Kier alpha value is -0.0800. The second-order valence-electron chi connectivity index (χ2n) is 7.05. The highest BCUT2D eigenvalue weighted by Gasteiger charge is 2.19. The van der Waals surface area contributed by atoms with Crippen molar-refractivity contribution in [3.8, 4) is 0 Å². The van der Waals surface area contributed by atoms with Crippen LogP contribution in [0.5, 0.6) is 0 Å². The summed E-state index contributed by atoms with van der Waals surface area (Å²) in [7, 11) is 0. The van der Waals surface area contributed by atoms with Gasteiger partial charge in [-0.05, 0) is 52.0 Å². The van der Waals surface area contributed by atoms with E-state index in [-0.39, 0.29) is 24.0 Å². The lowest BCUT2D eigenvalue weighted by Gasteiger charge is -2.32. The Morgan fingerprint density at radius 1 is 1.20 bits per heavy atom. The molecule has 1 fully saturated rings. The molecule has 1 unspecified atom stereocenters. The van der Waals surface area contributed by atoms with Crippen molar-refractivity contribution in [3.63, 3.8) is 0 Å². The first-order chi connectivity index (χ1) is 11.6. The quantitative estimate of drug-likeness (QED) is 0.293. The number of nitrogens with zero attached hydrogens (tertiary/aromatic N) is 2. The van der Waals surface area contributed by atoms with E-state index in [2.05, 4.69) is 50.2 Å². The van der Waals surface area contributed by atoms with Crippen LogP contribution < -0.4 is 10.6 Å². The highest BCUT2D eigenvalue weighted by molar-refractivity contribution is 14.0. The maximum atomic E-state index is 5.81. The zero-order valence-electron chi connectivity index (χ0n) is 17.0. The van der Waals surface area contributed by atoms with Crippen molar-refractivity contribution in [2.75, 3.05) is 39.3 Å². The molecule has 0 aromatic carbocycles. The van der Waals surface area contributed by atoms with Crippen LogP contribution in [-0.2, 0) is 4.74 Å². The molecular formula is C19H41IN4O. The fourth-order valence-corrected chi connectivity index (χ4v) is 3.26. The van der Waals surface area contributed by atoms with Crippen LogP contribution in [-0.4, -0.2) is 62.3 Å². The molecule has 6 heteroatoms. The predicted molar refractivity (Wildman–Crippen MR) is 119 cm³/mol. The number of ether oxygens (including phenoxy) is 1. The Labute approximate surface area is 172 Å². The molecule has 2 N–H and O–H groups in total. The molecule has 0 bridgehead atoms. The number of hydrogen-bond acceptors (Lipinski definition) is 3. The van der Waals surface area contributed by atoms with Gasteiger partial charge in [0.15, 0.2) is 5.96 Å². The van der Waals surface area contributed by atoms with Crippen LogP contribution >= 0.6 is 24.0 Å². The topological polar surface area (TPSA) is 48.9 Å². The van der Waals surface area contributed by atoms with Gasteiger partial charge in [0.25, 0.3) is 0 Å². The van der Waals surface area contributed by atoms with Crippen LogP contribution in [0.2, 0.25) is 0 Å². The molecule has 150 valence electrons. The average molecular weight is 468 g/mol. The highest BCUT2D eigenvalue weighted by atomic mass is 127. The van der Waals surface area contributed by atoms with Crippen LogP contribution in [0.1, 0.15) is 60.3 Å². The smallest absolute Gasteiger partial charge is 0.191 e. The summed E-state index contributed by atoms with van der Waals surface area (Å²) >= 11 is 0. The number of guanidine groups is 1. The lowest BCUT2D eigenvalue weighted by atomic mass is 10.0. The molecule has 0 aromatic rings. The molecule has 1 aliphatic rings. The van der Waals surface area contributed by atoms with Gasteiger partial charge in [-0.1, -0.05) is 20.8 Å². The summed E-state index contributed by atoms with van der Waals surface area (Å²) in [5.41, 5.74) is 0. The third-order valence-corrected chi connectivity index (χ3v) is 4.62. The summed E-state index contributed by atoms with van der Waals surface area (Å²) < 4.78 is 5.81. The predicted octanol–water partition coefficient (Wildman–Crippen LogP) is 3.49. The first-order valence-corrected chi connectivity index (χ1v) is 9.99. The van der Waals surface area contributed by atoms with Gasteiger partial charge in [0.1, 0.15) is 0 Å². The summed E-state index contributed by atoms with van der Waals surface area (Å²) in [4.78, 5) is 7.34. The number of piperidine rings is 1. The van der Waals surface area contributed by atoms with Gasteiger partial charge in [-0.3, -0.25) is 4.99 Å². The van der Waals surface area contributed by atoms with Gasteiger partial charge in [-0.15, -0.1) is 24.0 Å². The first-order valence-electron chi connectivity index (χ1n) is 9.99. The van der Waals surface area contributed by atoms with E-state index in [0.717, 1.165) is 32.1 Å². The van der Waals surface area contributed by atoms with E-state index in [0.29, 0.717) is 18.1 Å². The fourth-order valence-electron chi connectivity index (χ4n) is 3.26. The van der Waals surface area contributed by atoms with Crippen molar-refractivity contribution in [2.45, 2.75) is 72.4 Å². The van der Waals surface area contributed by atoms with Gasteiger partial charge < -0.3 is 20.3 Å². The maximum Gasteiger partial charge on any atom is 0.191 e. The summed E-state index contributed by atoms with van der Waals surface area (Å²) in [6.45, 7) is 17.0. The van der Waals surface area contributed by atoms with Gasteiger partial charge >= 0.3 is 0 Å². The van der Waals surface area contributed by atoms with Crippen molar-refractivity contribution in [1.29, 1.82) is 0 Å². The first kappa shape index (κ1) is 24.9. The second kappa shape index (κ2) is 15.0. The van der Waals surface area contributed by atoms with Gasteiger partial charge in [0.05, 0.1) is 6.10 Å². The van der Waals surface area contributed by atoms with E-state index in [1.807, 2.05) is 0 Å². The second-order valence-corrected chi connectivity index (χ2v) is 7.05. The minimum Gasteiger partial charge on any atom is -0.378 e. The SMILES string of the molecule is CCCN1CCC(NC(=NCCC(OCC)C(C)C)NCC)CC1.I. The molecule has 0 radical (unpaired) electrons. The molecule has 1 rings (SSSR count). The number of nitrogens with one attached hydrogen (secondary N) is 2. The molecule has 0 aliphatic carbocycles. The summed E-state index contributed by atoms with van der Waals surface area (Å²) in [6, 6.07) is 0.545. The van der Waals surface area contributed by atoms with Crippen molar-refractivity contribution < 1.29 is 4.74 Å². The Balaban J connectivity index is 0.00000576. The number of hydrogen-bond donors (Lipinski definition) is 2. The molecule has 0 spiro atoms. The molecule has 25 heavy (non-hydrogen) atoms. The van der Waals surface area contributed by atoms with E-state index in [4.69, 9.17) is 9.73 Å². The van der Waals surface area contributed by atoms with Gasteiger partial charge in [0, 0.05) is 38.8 Å². The molecule has 1 saturated heterocycles. The number of likely N-dealkylation sites (tertiary alicyclic amines) is 1. The standard InChI is InChI=1S/C19H40N4O.HI/c1-6-13-23-14-10-17(11-15-23)22-19(20-7-2)21-12-9-18(16(4)5)24-8-3;/h16-18H,6-15H2,1-5H3,(H2,20,21,22);1H. The average Bonchev–Trinajstić information content (AvgIpc) is 2.56. The molecule has 0 aromatic heterocycles. The van der Waals surface area contributed by atoms with Crippen molar-refractivity contribution >= 4 is 29.9 Å². The van der Waals surface area contributed by atoms with E-state index < -0.39 is 0 Å². The minimum atomic E-state index is 0. The number of rotatable bonds is 10. The van der Waals surface area contributed by atoms with Crippen LogP contribution in [0.3, 0.4) is 0 Å². The molecule has 0 saturated carbocycles. The van der Waals surface area contributed by atoms with Gasteiger partial charge in [-0.25, -0.2) is 0 Å². The lowest BCUT2D eigenvalue weighted by Crippen LogP contribution is -2.48. The van der Waals surface area contributed by atoms with Crippen molar-refractivity contribution in [2.24, 2.45) is 10.9 Å². The maximum absolute atomic E-state index is 5.81. The highest BCUT2D eigenvalue weighted by Crippen LogP contribution is 2.12. The third-order valence-electron chi connectivity index (χ3n) is 4.62. The van der Waals surface area contributed by atoms with Gasteiger partial charge in [0.2, 0.25) is 0 Å². The lowest BCUT2D eigenvalue weighted by molar-refractivity contribution is 0.0266. The minimum absolute atomic E-state index is 0. The zero-order chi connectivity index (χ0) is 17.8. The number of aliphatic imine (C=N–C) groups is 1. The Kier molecular flexibility index (Phi) is 15.0. The summed E-state index contributed by atoms with van der Waals surface area (Å²) in [5.74, 6) is 1.50. The van der Waals surface area contributed by atoms with E-state index >= 15 is 0 Å². The van der Waals surface area contributed by atoms with Crippen LogP contribution in [0.25, 0.3) is 0 Å². The Morgan fingerprint density at radius 2 is 1.88 bits per heavy atom. The van der Waals surface area contributed by atoms with Gasteiger partial charge in [-0.2, -0.15) is 0 Å². The normalized spacial score (nSPS) is 18.1. The van der Waals surface area contributed by atoms with Crippen molar-refractivity contribution in [1.82, 2.24) is 15.5 Å². The molecule has 1 heterocycles. The summed E-state index contributed by atoms with van der Waals surface area (Å²) in [6.07, 6.45) is 4.95. The van der Waals surface area contributed by atoms with Crippen LogP contribution in [0.15, 0.2) is 4.99 Å². The van der Waals surface area contributed by atoms with Crippen molar-refractivity contribution in [3.05, 3.63) is 0 Å². The molecule has 1 atom stereocenters. The summed E-state index contributed by atoms with van der Waals surface area (Å²) in [5, 5.41) is 7.01. The monoisotopic (exact) mass is 468 g/mol. The Morgan fingerprint density at radius 3 is 2.40 bits per heavy atom. The zero-order valence-corrected chi connectivity index (χ0v) is 19.3. The molecule has 0 amide bonds.